The molecular formula is C14H10BrCl3O. The van der Waals surface area contributed by atoms with E-state index < -0.39 is 6.10 Å². The maximum absolute atomic E-state index is 10.3. The van der Waals surface area contributed by atoms with E-state index >= 15 is 0 Å². The van der Waals surface area contributed by atoms with E-state index in [9.17, 15) is 5.11 Å². The van der Waals surface area contributed by atoms with Gasteiger partial charge >= 0.3 is 0 Å². The molecule has 2 rings (SSSR count). The van der Waals surface area contributed by atoms with Crippen LogP contribution in [-0.2, 0) is 6.42 Å². The normalized spacial score (nSPS) is 12.5. The highest BCUT2D eigenvalue weighted by Gasteiger charge is 2.14. The summed E-state index contributed by atoms with van der Waals surface area (Å²) in [6.45, 7) is 0. The van der Waals surface area contributed by atoms with E-state index in [0.29, 0.717) is 21.5 Å². The lowest BCUT2D eigenvalue weighted by Crippen LogP contribution is -2.03. The van der Waals surface area contributed by atoms with Crippen molar-refractivity contribution in [1.29, 1.82) is 0 Å². The zero-order chi connectivity index (χ0) is 14.0. The number of hydrogen-bond donors (Lipinski definition) is 1. The number of hydrogen-bond acceptors (Lipinski definition) is 1. The molecule has 0 aromatic heterocycles. The van der Waals surface area contributed by atoms with E-state index in [0.717, 1.165) is 15.6 Å². The predicted molar refractivity (Wildman–Crippen MR) is 84.3 cm³/mol. The summed E-state index contributed by atoms with van der Waals surface area (Å²) in [6.07, 6.45) is -0.290. The lowest BCUT2D eigenvalue weighted by Gasteiger charge is -2.14. The second kappa shape index (κ2) is 6.47. The van der Waals surface area contributed by atoms with Gasteiger partial charge in [-0.1, -0.05) is 56.8 Å². The van der Waals surface area contributed by atoms with Crippen molar-refractivity contribution in [2.45, 2.75) is 12.5 Å². The Hall–Kier alpha value is -0.250. The zero-order valence-electron chi connectivity index (χ0n) is 9.71. The summed E-state index contributed by atoms with van der Waals surface area (Å²) < 4.78 is 0.814. The number of aliphatic hydroxyl groups is 1. The van der Waals surface area contributed by atoms with Crippen LogP contribution in [-0.4, -0.2) is 5.11 Å². The van der Waals surface area contributed by atoms with Gasteiger partial charge in [0.05, 0.1) is 6.10 Å². The van der Waals surface area contributed by atoms with Crippen LogP contribution in [0.15, 0.2) is 40.9 Å². The largest absolute Gasteiger partial charge is 0.388 e. The molecular weight excluding hydrogens is 370 g/mol. The maximum atomic E-state index is 10.3. The van der Waals surface area contributed by atoms with Crippen molar-refractivity contribution in [1.82, 2.24) is 0 Å². The molecule has 0 aliphatic rings. The van der Waals surface area contributed by atoms with Crippen molar-refractivity contribution in [3.8, 4) is 0 Å². The van der Waals surface area contributed by atoms with Gasteiger partial charge in [0.2, 0.25) is 0 Å². The Bertz CT molecular complexity index is 601. The molecule has 1 N–H and O–H groups in total. The van der Waals surface area contributed by atoms with E-state index in [1.54, 1.807) is 24.3 Å². The molecule has 2 aromatic carbocycles. The third-order valence-corrected chi connectivity index (χ3v) is 4.29. The molecule has 1 atom stereocenters. The van der Waals surface area contributed by atoms with Crippen LogP contribution in [0.3, 0.4) is 0 Å². The van der Waals surface area contributed by atoms with E-state index in [1.165, 1.54) is 0 Å². The van der Waals surface area contributed by atoms with Gasteiger partial charge in [0.15, 0.2) is 0 Å². The Balaban J connectivity index is 2.25. The predicted octanol–water partition coefficient (Wildman–Crippen LogP) is 5.69. The highest BCUT2D eigenvalue weighted by atomic mass is 79.9. The third-order valence-electron chi connectivity index (χ3n) is 2.75. The first kappa shape index (κ1) is 15.1. The van der Waals surface area contributed by atoms with Gasteiger partial charge in [-0.15, -0.1) is 0 Å². The Morgan fingerprint density at radius 2 is 1.63 bits per heavy atom. The number of rotatable bonds is 3. The number of aliphatic hydroxyl groups excluding tert-OH is 1. The van der Waals surface area contributed by atoms with Crippen molar-refractivity contribution >= 4 is 50.7 Å². The summed E-state index contributed by atoms with van der Waals surface area (Å²) in [5, 5.41) is 12.0. The van der Waals surface area contributed by atoms with Crippen molar-refractivity contribution in [2.24, 2.45) is 0 Å². The summed E-state index contributed by atoms with van der Waals surface area (Å²) in [5.41, 5.74) is 1.57. The van der Waals surface area contributed by atoms with Gasteiger partial charge in [-0.05, 0) is 41.5 Å². The van der Waals surface area contributed by atoms with Crippen molar-refractivity contribution < 1.29 is 5.11 Å². The van der Waals surface area contributed by atoms with Crippen LogP contribution in [0.25, 0.3) is 0 Å². The van der Waals surface area contributed by atoms with Crippen molar-refractivity contribution in [3.05, 3.63) is 67.1 Å². The molecule has 0 saturated carbocycles. The molecule has 0 heterocycles. The van der Waals surface area contributed by atoms with Gasteiger partial charge in [0.1, 0.15) is 0 Å². The number of halogens is 4. The van der Waals surface area contributed by atoms with Gasteiger partial charge in [-0.3, -0.25) is 0 Å². The van der Waals surface area contributed by atoms with Crippen LogP contribution in [0.2, 0.25) is 15.1 Å². The minimum absolute atomic E-state index is 0.398. The maximum Gasteiger partial charge on any atom is 0.0842 e. The van der Waals surface area contributed by atoms with Crippen LogP contribution in [0.4, 0.5) is 0 Å². The monoisotopic (exact) mass is 378 g/mol. The highest BCUT2D eigenvalue weighted by Crippen LogP contribution is 2.31. The Morgan fingerprint density at radius 3 is 2.32 bits per heavy atom. The molecule has 0 amide bonds. The fourth-order valence-corrected chi connectivity index (χ4v) is 2.95. The second-order valence-electron chi connectivity index (χ2n) is 4.12. The van der Waals surface area contributed by atoms with Crippen LogP contribution >= 0.6 is 50.7 Å². The Kier molecular flexibility index (Phi) is 5.15. The van der Waals surface area contributed by atoms with E-state index in [4.69, 9.17) is 34.8 Å². The molecule has 1 unspecified atom stereocenters. The van der Waals surface area contributed by atoms with Gasteiger partial charge in [0.25, 0.3) is 0 Å². The van der Waals surface area contributed by atoms with Crippen LogP contribution < -0.4 is 0 Å². The fraction of sp³-hybridized carbons (Fsp3) is 0.143. The lowest BCUT2D eigenvalue weighted by atomic mass is 10.0. The van der Waals surface area contributed by atoms with Crippen LogP contribution in [0.5, 0.6) is 0 Å². The summed E-state index contributed by atoms with van der Waals surface area (Å²) in [7, 11) is 0. The van der Waals surface area contributed by atoms with Crippen LogP contribution in [0, 0.1) is 0 Å². The summed E-state index contributed by atoms with van der Waals surface area (Å²) >= 11 is 21.3. The quantitative estimate of drug-likeness (QED) is 0.726. The summed E-state index contributed by atoms with van der Waals surface area (Å²) in [6, 6.07) is 10.5. The minimum Gasteiger partial charge on any atom is -0.388 e. The molecule has 1 nitrogen and oxygen atoms in total. The first-order chi connectivity index (χ1) is 8.97. The fourth-order valence-electron chi connectivity index (χ4n) is 1.78. The standard InChI is InChI=1S/C14H10BrCl3O/c15-12-4-3-9(16)6-11(12)14(19)5-8-1-2-10(17)7-13(8)18/h1-4,6-7,14,19H,5H2. The molecule has 100 valence electrons. The average molecular weight is 380 g/mol. The van der Waals surface area contributed by atoms with E-state index in [2.05, 4.69) is 15.9 Å². The first-order valence-corrected chi connectivity index (χ1v) is 7.47. The van der Waals surface area contributed by atoms with E-state index in [-0.39, 0.29) is 0 Å². The molecule has 0 aliphatic heterocycles. The van der Waals surface area contributed by atoms with E-state index in [1.807, 2.05) is 12.1 Å². The van der Waals surface area contributed by atoms with Gasteiger partial charge in [-0.2, -0.15) is 0 Å². The second-order valence-corrected chi connectivity index (χ2v) is 6.26. The molecule has 2 aromatic rings. The zero-order valence-corrected chi connectivity index (χ0v) is 13.6. The molecule has 0 fully saturated rings. The summed E-state index contributed by atoms with van der Waals surface area (Å²) in [5.74, 6) is 0. The average Bonchev–Trinajstić information content (AvgIpc) is 2.35. The smallest absolute Gasteiger partial charge is 0.0842 e. The third kappa shape index (κ3) is 3.87. The van der Waals surface area contributed by atoms with Crippen molar-refractivity contribution in [3.63, 3.8) is 0 Å². The number of benzene rings is 2. The molecule has 0 bridgehead atoms. The molecule has 0 saturated heterocycles. The Morgan fingerprint density at radius 1 is 1.00 bits per heavy atom. The first-order valence-electron chi connectivity index (χ1n) is 5.54. The van der Waals surface area contributed by atoms with Gasteiger partial charge in [-0.25, -0.2) is 0 Å². The minimum atomic E-state index is -0.688. The summed E-state index contributed by atoms with van der Waals surface area (Å²) in [4.78, 5) is 0. The van der Waals surface area contributed by atoms with Gasteiger partial charge in [0, 0.05) is 26.0 Å². The van der Waals surface area contributed by atoms with Crippen molar-refractivity contribution in [2.75, 3.05) is 0 Å². The topological polar surface area (TPSA) is 20.2 Å². The van der Waals surface area contributed by atoms with Gasteiger partial charge < -0.3 is 5.11 Å². The SMILES string of the molecule is OC(Cc1ccc(Cl)cc1Cl)c1cc(Cl)ccc1Br. The lowest BCUT2D eigenvalue weighted by molar-refractivity contribution is 0.177. The molecule has 5 heteroatoms. The Labute approximate surface area is 135 Å². The molecule has 0 radical (unpaired) electrons. The highest BCUT2D eigenvalue weighted by molar-refractivity contribution is 9.10. The molecule has 0 spiro atoms. The molecule has 0 aliphatic carbocycles. The van der Waals surface area contributed by atoms with Crippen LogP contribution in [0.1, 0.15) is 17.2 Å². The molecule has 19 heavy (non-hydrogen) atoms.